The highest BCUT2D eigenvalue weighted by Gasteiger charge is 2.26. The Hall–Kier alpha value is -1.32. The summed E-state index contributed by atoms with van der Waals surface area (Å²) in [6.07, 6.45) is -5.05. The fourth-order valence-corrected chi connectivity index (χ4v) is 3.45. The Morgan fingerprint density at radius 1 is 1.36 bits per heavy atom. The molecule has 0 aliphatic carbocycles. The molecule has 2 rings (SSSR count). The van der Waals surface area contributed by atoms with Gasteiger partial charge in [0.1, 0.15) is 0 Å². The van der Waals surface area contributed by atoms with E-state index < -0.39 is 12.6 Å². The number of halogens is 3. The third kappa shape index (κ3) is 7.21. The molecule has 1 saturated heterocycles. The van der Waals surface area contributed by atoms with E-state index in [1.165, 1.54) is 4.88 Å². The second-order valence-electron chi connectivity index (χ2n) is 5.69. The number of aliphatic imine (C=N–C) groups is 1. The lowest BCUT2D eigenvalue weighted by Gasteiger charge is -2.33. The van der Waals surface area contributed by atoms with Crippen LogP contribution in [0.2, 0.25) is 0 Å². The van der Waals surface area contributed by atoms with E-state index >= 15 is 0 Å². The van der Waals surface area contributed by atoms with Crippen LogP contribution in [0.4, 0.5) is 13.2 Å². The van der Waals surface area contributed by atoms with Crippen molar-refractivity contribution in [3.05, 3.63) is 22.4 Å². The first kappa shape index (κ1) is 20.0. The Labute approximate surface area is 150 Å². The van der Waals surface area contributed by atoms with Crippen LogP contribution in [0.25, 0.3) is 0 Å². The third-order valence-corrected chi connectivity index (χ3v) is 4.80. The zero-order valence-electron chi connectivity index (χ0n) is 14.3. The first-order valence-electron chi connectivity index (χ1n) is 8.43. The standard InChI is InChI=1S/C16H25F3N4OS/c1-2-20-15(21-6-5-16(17,18)19)22-12-13(14-4-3-11-25-14)23-7-9-24-10-8-23/h3-4,11,13H,2,5-10,12H2,1H3,(H2,20,21,22). The molecule has 5 nitrogen and oxygen atoms in total. The Bertz CT molecular complexity index is 516. The predicted octanol–water partition coefficient (Wildman–Crippen LogP) is 2.63. The maximum absolute atomic E-state index is 12.3. The molecule has 1 unspecified atom stereocenters. The minimum atomic E-state index is -4.17. The number of hydrogen-bond donors (Lipinski definition) is 2. The topological polar surface area (TPSA) is 48.9 Å². The predicted molar refractivity (Wildman–Crippen MR) is 94.1 cm³/mol. The van der Waals surface area contributed by atoms with E-state index in [-0.39, 0.29) is 12.6 Å². The summed E-state index contributed by atoms with van der Waals surface area (Å²) in [4.78, 5) is 8.04. The number of guanidine groups is 1. The van der Waals surface area contributed by atoms with E-state index in [1.807, 2.05) is 18.4 Å². The highest BCUT2D eigenvalue weighted by molar-refractivity contribution is 7.10. The summed E-state index contributed by atoms with van der Waals surface area (Å²) in [5.41, 5.74) is 0. The maximum atomic E-state index is 12.3. The minimum absolute atomic E-state index is 0.113. The third-order valence-electron chi connectivity index (χ3n) is 3.83. The molecule has 1 aliphatic rings. The summed E-state index contributed by atoms with van der Waals surface area (Å²) in [5.74, 6) is 0.418. The Balaban J connectivity index is 1.99. The summed E-state index contributed by atoms with van der Waals surface area (Å²) < 4.78 is 42.4. The number of ether oxygens (including phenoxy) is 1. The first-order chi connectivity index (χ1) is 12.0. The van der Waals surface area contributed by atoms with Gasteiger partial charge in [-0.2, -0.15) is 13.2 Å². The highest BCUT2D eigenvalue weighted by atomic mass is 32.1. The van der Waals surface area contributed by atoms with Gasteiger partial charge in [-0.25, -0.2) is 0 Å². The van der Waals surface area contributed by atoms with Crippen molar-refractivity contribution >= 4 is 17.3 Å². The summed E-state index contributed by atoms with van der Waals surface area (Å²) >= 11 is 1.67. The molecule has 0 radical (unpaired) electrons. The van der Waals surface area contributed by atoms with Crippen molar-refractivity contribution in [2.24, 2.45) is 4.99 Å². The van der Waals surface area contributed by atoms with Gasteiger partial charge in [-0.3, -0.25) is 9.89 Å². The average molecular weight is 378 g/mol. The van der Waals surface area contributed by atoms with Gasteiger partial charge >= 0.3 is 6.18 Å². The fraction of sp³-hybridized carbons (Fsp3) is 0.688. The molecule has 9 heteroatoms. The smallest absolute Gasteiger partial charge is 0.379 e. The molecule has 0 saturated carbocycles. The molecule has 1 aromatic heterocycles. The number of hydrogen-bond acceptors (Lipinski definition) is 4. The van der Waals surface area contributed by atoms with Crippen LogP contribution in [0.5, 0.6) is 0 Å². The van der Waals surface area contributed by atoms with Crippen LogP contribution >= 0.6 is 11.3 Å². The molecular formula is C16H25F3N4OS. The van der Waals surface area contributed by atoms with Crippen molar-refractivity contribution in [2.45, 2.75) is 25.6 Å². The van der Waals surface area contributed by atoms with E-state index in [2.05, 4.69) is 26.6 Å². The molecule has 2 heterocycles. The van der Waals surface area contributed by atoms with Crippen molar-refractivity contribution in [3.8, 4) is 0 Å². The summed E-state index contributed by atoms with van der Waals surface area (Å²) in [5, 5.41) is 7.79. The van der Waals surface area contributed by atoms with Gasteiger partial charge in [-0.1, -0.05) is 6.07 Å². The van der Waals surface area contributed by atoms with E-state index in [0.29, 0.717) is 32.3 Å². The molecule has 1 atom stereocenters. The van der Waals surface area contributed by atoms with E-state index in [4.69, 9.17) is 4.74 Å². The second kappa shape index (κ2) is 9.98. The minimum Gasteiger partial charge on any atom is -0.379 e. The number of morpholine rings is 1. The van der Waals surface area contributed by atoms with Crippen molar-refractivity contribution in [1.82, 2.24) is 15.5 Å². The molecule has 0 aromatic carbocycles. The number of rotatable bonds is 7. The molecule has 25 heavy (non-hydrogen) atoms. The van der Waals surface area contributed by atoms with Crippen LogP contribution in [-0.4, -0.2) is 63.0 Å². The number of thiophene rings is 1. The van der Waals surface area contributed by atoms with Crippen molar-refractivity contribution in [2.75, 3.05) is 45.9 Å². The molecular weight excluding hydrogens is 353 g/mol. The van der Waals surface area contributed by atoms with Crippen molar-refractivity contribution in [3.63, 3.8) is 0 Å². The number of alkyl halides is 3. The fourth-order valence-electron chi connectivity index (χ4n) is 2.60. The summed E-state index contributed by atoms with van der Waals surface area (Å²) in [6.45, 7) is 5.83. The molecule has 0 bridgehead atoms. The summed E-state index contributed by atoms with van der Waals surface area (Å²) in [6, 6.07) is 4.19. The molecule has 2 N–H and O–H groups in total. The molecule has 1 fully saturated rings. The lowest BCUT2D eigenvalue weighted by Crippen LogP contribution is -2.42. The lowest BCUT2D eigenvalue weighted by molar-refractivity contribution is -0.132. The van der Waals surface area contributed by atoms with Crippen LogP contribution in [0.1, 0.15) is 24.3 Å². The zero-order valence-corrected chi connectivity index (χ0v) is 15.1. The molecule has 0 spiro atoms. The number of nitrogens with one attached hydrogen (secondary N) is 2. The Morgan fingerprint density at radius 2 is 2.12 bits per heavy atom. The van der Waals surface area contributed by atoms with Gasteiger partial charge in [0.05, 0.1) is 32.2 Å². The van der Waals surface area contributed by atoms with Gasteiger partial charge in [0.2, 0.25) is 0 Å². The average Bonchev–Trinajstić information content (AvgIpc) is 3.09. The second-order valence-corrected chi connectivity index (χ2v) is 6.67. The van der Waals surface area contributed by atoms with E-state index in [9.17, 15) is 13.2 Å². The Morgan fingerprint density at radius 3 is 2.72 bits per heavy atom. The first-order valence-corrected chi connectivity index (χ1v) is 9.31. The monoisotopic (exact) mass is 378 g/mol. The van der Waals surface area contributed by atoms with E-state index in [0.717, 1.165) is 13.1 Å². The van der Waals surface area contributed by atoms with Crippen molar-refractivity contribution in [1.29, 1.82) is 0 Å². The van der Waals surface area contributed by atoms with Crippen LogP contribution in [0, 0.1) is 0 Å². The zero-order chi connectivity index (χ0) is 18.1. The van der Waals surface area contributed by atoms with Crippen LogP contribution in [0.15, 0.2) is 22.5 Å². The van der Waals surface area contributed by atoms with Crippen LogP contribution < -0.4 is 10.6 Å². The van der Waals surface area contributed by atoms with Crippen LogP contribution in [0.3, 0.4) is 0 Å². The molecule has 0 amide bonds. The normalized spacial score (nSPS) is 18.2. The largest absolute Gasteiger partial charge is 0.390 e. The number of nitrogens with zero attached hydrogens (tertiary/aromatic N) is 2. The molecule has 142 valence electrons. The van der Waals surface area contributed by atoms with Gasteiger partial charge in [-0.15, -0.1) is 11.3 Å². The Kier molecular flexibility index (Phi) is 7.98. The van der Waals surface area contributed by atoms with Crippen molar-refractivity contribution < 1.29 is 17.9 Å². The molecule has 1 aliphatic heterocycles. The highest BCUT2D eigenvalue weighted by Crippen LogP contribution is 2.26. The van der Waals surface area contributed by atoms with Gasteiger partial charge in [0, 0.05) is 31.1 Å². The summed E-state index contributed by atoms with van der Waals surface area (Å²) in [7, 11) is 0. The van der Waals surface area contributed by atoms with Gasteiger partial charge in [0.15, 0.2) is 5.96 Å². The van der Waals surface area contributed by atoms with Crippen LogP contribution in [-0.2, 0) is 4.74 Å². The van der Waals surface area contributed by atoms with Gasteiger partial charge in [-0.05, 0) is 18.4 Å². The van der Waals surface area contributed by atoms with Gasteiger partial charge < -0.3 is 15.4 Å². The maximum Gasteiger partial charge on any atom is 0.390 e. The molecule has 1 aromatic rings. The SMILES string of the molecule is CCNC(=NCC(c1cccs1)N1CCOCC1)NCCC(F)(F)F. The lowest BCUT2D eigenvalue weighted by atomic mass is 10.2. The quantitative estimate of drug-likeness (QED) is 0.566. The van der Waals surface area contributed by atoms with E-state index in [1.54, 1.807) is 11.3 Å². The van der Waals surface area contributed by atoms with Gasteiger partial charge in [0.25, 0.3) is 0 Å².